The Labute approximate surface area is 179 Å². The fourth-order valence-electron chi connectivity index (χ4n) is 3.76. The van der Waals surface area contributed by atoms with Crippen LogP contribution < -0.4 is 4.74 Å². The number of aromatic nitrogens is 2. The van der Waals surface area contributed by atoms with Gasteiger partial charge in [-0.15, -0.1) is 0 Å². The van der Waals surface area contributed by atoms with Gasteiger partial charge in [0.15, 0.2) is 0 Å². The van der Waals surface area contributed by atoms with Crippen LogP contribution in [0.4, 0.5) is 0 Å². The van der Waals surface area contributed by atoms with Gasteiger partial charge in [-0.1, -0.05) is 23.4 Å². The molecule has 2 saturated heterocycles. The third-order valence-corrected chi connectivity index (χ3v) is 5.56. The first-order chi connectivity index (χ1) is 15.2. The fraction of sp³-hybridized carbons (Fsp3) is 0.304. The van der Waals surface area contributed by atoms with Crippen molar-refractivity contribution >= 4 is 11.8 Å². The minimum Gasteiger partial charge on any atom is -0.487 e. The van der Waals surface area contributed by atoms with E-state index in [9.17, 15) is 9.59 Å². The standard InChI is InChI=1S/C23H22N4O4/c28-20-7-4-12-26(20)15-21(29)27-13-19(14-27)30-18-10-8-16(9-11-18)22-24-23(31-25-22)17-5-2-1-3-6-17/h1-3,5-6,8-11,19H,4,7,12-15H2. The molecule has 0 radical (unpaired) electrons. The van der Waals surface area contributed by atoms with Gasteiger partial charge in [0.2, 0.25) is 17.6 Å². The first kappa shape index (κ1) is 19.3. The lowest BCUT2D eigenvalue weighted by molar-refractivity contribution is -0.144. The zero-order chi connectivity index (χ0) is 21.2. The molecule has 2 aliphatic heterocycles. The van der Waals surface area contributed by atoms with Crippen LogP contribution in [0.15, 0.2) is 59.1 Å². The van der Waals surface area contributed by atoms with E-state index in [1.807, 2.05) is 54.6 Å². The summed E-state index contributed by atoms with van der Waals surface area (Å²) in [6.07, 6.45) is 1.34. The topological polar surface area (TPSA) is 88.8 Å². The monoisotopic (exact) mass is 418 g/mol. The minimum atomic E-state index is -0.0426. The van der Waals surface area contributed by atoms with Crippen LogP contribution >= 0.6 is 0 Å². The van der Waals surface area contributed by atoms with Gasteiger partial charge in [-0.25, -0.2) is 0 Å². The number of carbonyl (C=O) groups is 2. The van der Waals surface area contributed by atoms with Crippen molar-refractivity contribution in [3.05, 3.63) is 54.6 Å². The van der Waals surface area contributed by atoms with Crippen molar-refractivity contribution in [3.63, 3.8) is 0 Å². The predicted molar refractivity (Wildman–Crippen MR) is 112 cm³/mol. The number of benzene rings is 2. The average molecular weight is 418 g/mol. The second-order valence-electron chi connectivity index (χ2n) is 7.77. The number of carbonyl (C=O) groups excluding carboxylic acids is 2. The van der Waals surface area contributed by atoms with Crippen LogP contribution in [0.5, 0.6) is 5.75 Å². The summed E-state index contributed by atoms with van der Waals surface area (Å²) in [6, 6.07) is 17.1. The molecule has 8 nitrogen and oxygen atoms in total. The van der Waals surface area contributed by atoms with Crippen LogP contribution in [-0.4, -0.2) is 64.0 Å². The van der Waals surface area contributed by atoms with Gasteiger partial charge in [-0.05, 0) is 42.8 Å². The molecule has 5 rings (SSSR count). The molecule has 2 aliphatic rings. The molecular formula is C23H22N4O4. The lowest BCUT2D eigenvalue weighted by Crippen LogP contribution is -2.58. The lowest BCUT2D eigenvalue weighted by Gasteiger charge is -2.39. The van der Waals surface area contributed by atoms with Crippen LogP contribution in [0.25, 0.3) is 22.8 Å². The van der Waals surface area contributed by atoms with Crippen LogP contribution in [-0.2, 0) is 9.59 Å². The molecule has 8 heteroatoms. The van der Waals surface area contributed by atoms with Crippen molar-refractivity contribution in [2.45, 2.75) is 18.9 Å². The molecular weight excluding hydrogens is 396 g/mol. The summed E-state index contributed by atoms with van der Waals surface area (Å²) in [4.78, 5) is 31.8. The zero-order valence-corrected chi connectivity index (χ0v) is 16.9. The highest BCUT2D eigenvalue weighted by Gasteiger charge is 2.34. The maximum atomic E-state index is 12.3. The van der Waals surface area contributed by atoms with E-state index >= 15 is 0 Å². The van der Waals surface area contributed by atoms with E-state index in [-0.39, 0.29) is 24.5 Å². The number of rotatable bonds is 6. The molecule has 2 fully saturated rings. The number of hydrogen-bond donors (Lipinski definition) is 0. The second-order valence-corrected chi connectivity index (χ2v) is 7.77. The Balaban J connectivity index is 1.14. The number of ether oxygens (including phenoxy) is 1. The summed E-state index contributed by atoms with van der Waals surface area (Å²) in [5.41, 5.74) is 1.71. The van der Waals surface area contributed by atoms with Crippen molar-refractivity contribution in [2.24, 2.45) is 0 Å². The molecule has 0 unspecified atom stereocenters. The minimum absolute atomic E-state index is 0.0169. The number of hydrogen-bond acceptors (Lipinski definition) is 6. The Morgan fingerprint density at radius 1 is 1.06 bits per heavy atom. The first-order valence-corrected chi connectivity index (χ1v) is 10.4. The summed E-state index contributed by atoms with van der Waals surface area (Å²) in [5.74, 6) is 1.77. The Hall–Kier alpha value is -3.68. The highest BCUT2D eigenvalue weighted by atomic mass is 16.5. The van der Waals surface area contributed by atoms with Gasteiger partial charge < -0.3 is 19.1 Å². The van der Waals surface area contributed by atoms with Crippen molar-refractivity contribution in [3.8, 4) is 28.6 Å². The molecule has 31 heavy (non-hydrogen) atoms. The SMILES string of the molecule is O=C1CCCN1CC(=O)N1CC(Oc2ccc(-c3noc(-c4ccccc4)n3)cc2)C1. The smallest absolute Gasteiger partial charge is 0.258 e. The summed E-state index contributed by atoms with van der Waals surface area (Å²) in [7, 11) is 0. The van der Waals surface area contributed by atoms with Gasteiger partial charge in [0.05, 0.1) is 19.6 Å². The molecule has 0 N–H and O–H groups in total. The van der Waals surface area contributed by atoms with Gasteiger partial charge in [-0.3, -0.25) is 9.59 Å². The molecule has 3 heterocycles. The van der Waals surface area contributed by atoms with Gasteiger partial charge in [-0.2, -0.15) is 4.98 Å². The highest BCUT2D eigenvalue weighted by molar-refractivity contribution is 5.86. The maximum Gasteiger partial charge on any atom is 0.258 e. The van der Waals surface area contributed by atoms with Crippen molar-refractivity contribution in [1.82, 2.24) is 19.9 Å². The van der Waals surface area contributed by atoms with E-state index in [0.717, 1.165) is 23.3 Å². The Kier molecular flexibility index (Phi) is 5.11. The molecule has 0 saturated carbocycles. The highest BCUT2D eigenvalue weighted by Crippen LogP contribution is 2.25. The maximum absolute atomic E-state index is 12.3. The normalized spacial score (nSPS) is 16.5. The quantitative estimate of drug-likeness (QED) is 0.611. The Bertz CT molecular complexity index is 1070. The third-order valence-electron chi connectivity index (χ3n) is 5.56. The molecule has 2 aromatic carbocycles. The van der Waals surface area contributed by atoms with Crippen LogP contribution in [0.3, 0.4) is 0 Å². The van der Waals surface area contributed by atoms with E-state index < -0.39 is 0 Å². The Morgan fingerprint density at radius 2 is 1.84 bits per heavy atom. The van der Waals surface area contributed by atoms with Gasteiger partial charge in [0, 0.05) is 24.1 Å². The zero-order valence-electron chi connectivity index (χ0n) is 16.9. The molecule has 158 valence electrons. The summed E-state index contributed by atoms with van der Waals surface area (Å²) >= 11 is 0. The van der Waals surface area contributed by atoms with Crippen molar-refractivity contribution in [2.75, 3.05) is 26.2 Å². The fourth-order valence-corrected chi connectivity index (χ4v) is 3.76. The lowest BCUT2D eigenvalue weighted by atomic mass is 10.1. The molecule has 0 bridgehead atoms. The second kappa shape index (κ2) is 8.22. The molecule has 3 aromatic rings. The van der Waals surface area contributed by atoms with Gasteiger partial charge in [0.25, 0.3) is 5.89 Å². The average Bonchev–Trinajstić information content (AvgIpc) is 3.41. The predicted octanol–water partition coefficient (Wildman–Crippen LogP) is 2.62. The molecule has 0 atom stereocenters. The van der Waals surface area contributed by atoms with Crippen LogP contribution in [0, 0.1) is 0 Å². The molecule has 0 aliphatic carbocycles. The number of amides is 2. The number of likely N-dealkylation sites (tertiary alicyclic amines) is 2. The summed E-state index contributed by atoms with van der Waals surface area (Å²) < 4.78 is 11.3. The summed E-state index contributed by atoms with van der Waals surface area (Å²) in [6.45, 7) is 1.93. The van der Waals surface area contributed by atoms with Crippen molar-refractivity contribution in [1.29, 1.82) is 0 Å². The first-order valence-electron chi connectivity index (χ1n) is 10.4. The third kappa shape index (κ3) is 4.14. The van der Waals surface area contributed by atoms with E-state index in [1.165, 1.54) is 0 Å². The van der Waals surface area contributed by atoms with E-state index in [0.29, 0.717) is 37.8 Å². The van der Waals surface area contributed by atoms with Crippen molar-refractivity contribution < 1.29 is 18.8 Å². The van der Waals surface area contributed by atoms with E-state index in [4.69, 9.17) is 9.26 Å². The van der Waals surface area contributed by atoms with Crippen LogP contribution in [0.2, 0.25) is 0 Å². The Morgan fingerprint density at radius 3 is 2.55 bits per heavy atom. The molecule has 2 amide bonds. The van der Waals surface area contributed by atoms with E-state index in [2.05, 4.69) is 10.1 Å². The van der Waals surface area contributed by atoms with Gasteiger partial charge in [0.1, 0.15) is 11.9 Å². The van der Waals surface area contributed by atoms with Gasteiger partial charge >= 0.3 is 0 Å². The van der Waals surface area contributed by atoms with Crippen LogP contribution in [0.1, 0.15) is 12.8 Å². The number of nitrogens with zero attached hydrogens (tertiary/aromatic N) is 4. The molecule has 0 spiro atoms. The molecule has 1 aromatic heterocycles. The van der Waals surface area contributed by atoms with E-state index in [1.54, 1.807) is 9.80 Å². The summed E-state index contributed by atoms with van der Waals surface area (Å²) in [5, 5.41) is 4.06. The largest absolute Gasteiger partial charge is 0.487 e.